The summed E-state index contributed by atoms with van der Waals surface area (Å²) in [6.07, 6.45) is 5.94. The molecule has 1 fully saturated rings. The second-order valence-corrected chi connectivity index (χ2v) is 4.33. The Morgan fingerprint density at radius 2 is 1.91 bits per heavy atom. The molecule has 1 saturated carbocycles. The maximum atomic E-state index is 10.8. The summed E-state index contributed by atoms with van der Waals surface area (Å²) in [4.78, 5) is 0. The molecular formula is C7H16N2OS. The molecule has 1 unspecified atom stereocenters. The number of hydrogen-bond acceptors (Lipinski definition) is 2. The van der Waals surface area contributed by atoms with Crippen molar-refractivity contribution in [1.29, 1.82) is 0 Å². The van der Waals surface area contributed by atoms with Gasteiger partial charge in [0, 0.05) is 18.3 Å². The quantitative estimate of drug-likeness (QED) is 0.629. The first-order valence-electron chi connectivity index (χ1n) is 4.03. The van der Waals surface area contributed by atoms with Gasteiger partial charge >= 0.3 is 0 Å². The van der Waals surface area contributed by atoms with E-state index in [1.807, 2.05) is 0 Å². The van der Waals surface area contributed by atoms with Crippen LogP contribution in [0, 0.1) is 0 Å². The predicted molar refractivity (Wildman–Crippen MR) is 47.4 cm³/mol. The zero-order chi connectivity index (χ0) is 8.27. The van der Waals surface area contributed by atoms with Crippen molar-refractivity contribution in [1.82, 2.24) is 4.72 Å². The Hall–Kier alpha value is 0.0700. The van der Waals surface area contributed by atoms with E-state index in [4.69, 9.17) is 5.73 Å². The molecule has 3 N–H and O–H groups in total. The van der Waals surface area contributed by atoms with Crippen LogP contribution in [0.25, 0.3) is 0 Å². The Balaban J connectivity index is 2.22. The van der Waals surface area contributed by atoms with Gasteiger partial charge in [0.2, 0.25) is 0 Å². The lowest BCUT2D eigenvalue weighted by molar-refractivity contribution is 0.378. The highest BCUT2D eigenvalue weighted by Gasteiger charge is 2.18. The molecule has 0 aromatic rings. The molecule has 1 aliphatic carbocycles. The molecule has 1 atom stereocenters. The molecule has 0 bridgehead atoms. The minimum absolute atomic E-state index is 0.373. The van der Waals surface area contributed by atoms with E-state index < -0.39 is 11.0 Å². The molecule has 0 radical (unpaired) electrons. The number of nitrogens with two attached hydrogens (primary N) is 1. The van der Waals surface area contributed by atoms with Crippen LogP contribution in [-0.2, 0) is 11.0 Å². The largest absolute Gasteiger partial charge is 0.328 e. The van der Waals surface area contributed by atoms with E-state index in [0.29, 0.717) is 12.1 Å². The molecule has 11 heavy (non-hydrogen) atoms. The lowest BCUT2D eigenvalue weighted by Crippen LogP contribution is -2.37. The van der Waals surface area contributed by atoms with Crippen molar-refractivity contribution in [3.63, 3.8) is 0 Å². The third-order valence-corrected chi connectivity index (χ3v) is 2.77. The number of hydrogen-bond donors (Lipinski definition) is 2. The minimum atomic E-state index is -0.865. The van der Waals surface area contributed by atoms with Crippen LogP contribution in [0.5, 0.6) is 0 Å². The topological polar surface area (TPSA) is 55.1 Å². The van der Waals surface area contributed by atoms with Crippen LogP contribution < -0.4 is 10.5 Å². The second-order valence-electron chi connectivity index (χ2n) is 3.18. The summed E-state index contributed by atoms with van der Waals surface area (Å²) < 4.78 is 13.8. The number of nitrogens with one attached hydrogen (secondary N) is 1. The van der Waals surface area contributed by atoms with Crippen LogP contribution in [0.2, 0.25) is 0 Å². The normalized spacial score (nSPS) is 35.1. The molecule has 0 saturated heterocycles. The Morgan fingerprint density at radius 1 is 1.36 bits per heavy atom. The SMILES string of the molecule is CS(=O)NC1CCC(N)CC1. The van der Waals surface area contributed by atoms with Crippen LogP contribution in [0.1, 0.15) is 25.7 Å². The Morgan fingerprint density at radius 3 is 2.36 bits per heavy atom. The summed E-state index contributed by atoms with van der Waals surface area (Å²) in [6.45, 7) is 0. The van der Waals surface area contributed by atoms with Gasteiger partial charge in [0.15, 0.2) is 0 Å². The fourth-order valence-electron chi connectivity index (χ4n) is 1.47. The minimum Gasteiger partial charge on any atom is -0.328 e. The van der Waals surface area contributed by atoms with Crippen LogP contribution in [0.15, 0.2) is 0 Å². The molecule has 0 aliphatic heterocycles. The summed E-state index contributed by atoms with van der Waals surface area (Å²) in [5.74, 6) is 0. The van der Waals surface area contributed by atoms with E-state index >= 15 is 0 Å². The molecule has 0 heterocycles. The molecule has 66 valence electrons. The summed E-state index contributed by atoms with van der Waals surface area (Å²) in [5.41, 5.74) is 5.72. The first-order chi connectivity index (χ1) is 5.18. The van der Waals surface area contributed by atoms with Crippen molar-refractivity contribution < 1.29 is 4.21 Å². The Labute approximate surface area is 70.3 Å². The molecular weight excluding hydrogens is 160 g/mol. The average Bonchev–Trinajstić information content (AvgIpc) is 1.93. The lowest BCUT2D eigenvalue weighted by Gasteiger charge is -2.25. The van der Waals surface area contributed by atoms with Gasteiger partial charge in [0.05, 0.1) is 11.0 Å². The van der Waals surface area contributed by atoms with Gasteiger partial charge in [0.1, 0.15) is 0 Å². The van der Waals surface area contributed by atoms with Crippen LogP contribution >= 0.6 is 0 Å². The smallest absolute Gasteiger partial charge is 0.0886 e. The van der Waals surface area contributed by atoms with Crippen molar-refractivity contribution in [2.75, 3.05) is 6.26 Å². The molecule has 4 heteroatoms. The summed E-state index contributed by atoms with van der Waals surface area (Å²) in [7, 11) is -0.865. The fraction of sp³-hybridized carbons (Fsp3) is 1.00. The van der Waals surface area contributed by atoms with E-state index in [0.717, 1.165) is 25.7 Å². The first-order valence-corrected chi connectivity index (χ1v) is 5.59. The molecule has 0 spiro atoms. The van der Waals surface area contributed by atoms with Crippen LogP contribution in [0.4, 0.5) is 0 Å². The van der Waals surface area contributed by atoms with Crippen LogP contribution in [-0.4, -0.2) is 22.5 Å². The monoisotopic (exact) mass is 176 g/mol. The Bertz CT molecular complexity index is 143. The van der Waals surface area contributed by atoms with Gasteiger partial charge in [-0.25, -0.2) is 8.93 Å². The summed E-state index contributed by atoms with van der Waals surface area (Å²) in [6, 6.07) is 0.805. The van der Waals surface area contributed by atoms with Crippen molar-refractivity contribution >= 4 is 11.0 Å². The third kappa shape index (κ3) is 3.31. The van der Waals surface area contributed by atoms with Gasteiger partial charge in [-0.15, -0.1) is 0 Å². The Kier molecular flexibility index (Phi) is 3.48. The number of rotatable bonds is 2. The van der Waals surface area contributed by atoms with Crippen molar-refractivity contribution in [3.8, 4) is 0 Å². The van der Waals surface area contributed by atoms with E-state index in [1.54, 1.807) is 6.26 Å². The predicted octanol–water partition coefficient (Wildman–Crippen LogP) is 0.139. The van der Waals surface area contributed by atoms with Crippen molar-refractivity contribution in [2.45, 2.75) is 37.8 Å². The van der Waals surface area contributed by atoms with Gasteiger partial charge in [-0.3, -0.25) is 0 Å². The van der Waals surface area contributed by atoms with Gasteiger partial charge < -0.3 is 5.73 Å². The van der Waals surface area contributed by atoms with Gasteiger partial charge in [-0.2, -0.15) is 0 Å². The van der Waals surface area contributed by atoms with E-state index in [9.17, 15) is 4.21 Å². The molecule has 3 nitrogen and oxygen atoms in total. The first kappa shape index (κ1) is 9.16. The zero-order valence-corrected chi connectivity index (χ0v) is 7.69. The highest BCUT2D eigenvalue weighted by molar-refractivity contribution is 7.82. The van der Waals surface area contributed by atoms with Crippen molar-refractivity contribution in [3.05, 3.63) is 0 Å². The molecule has 1 rings (SSSR count). The van der Waals surface area contributed by atoms with Gasteiger partial charge in [-0.1, -0.05) is 0 Å². The average molecular weight is 176 g/mol. The second kappa shape index (κ2) is 4.18. The summed E-state index contributed by atoms with van der Waals surface area (Å²) >= 11 is 0. The molecule has 0 aromatic carbocycles. The lowest BCUT2D eigenvalue weighted by atomic mass is 9.93. The maximum absolute atomic E-state index is 10.8. The highest BCUT2D eigenvalue weighted by atomic mass is 32.2. The van der Waals surface area contributed by atoms with E-state index in [-0.39, 0.29) is 0 Å². The van der Waals surface area contributed by atoms with Crippen molar-refractivity contribution in [2.24, 2.45) is 5.73 Å². The highest BCUT2D eigenvalue weighted by Crippen LogP contribution is 2.16. The third-order valence-electron chi connectivity index (χ3n) is 2.10. The summed E-state index contributed by atoms with van der Waals surface area (Å²) in [5, 5.41) is 0. The maximum Gasteiger partial charge on any atom is 0.0886 e. The zero-order valence-electron chi connectivity index (χ0n) is 6.88. The molecule has 1 aliphatic rings. The van der Waals surface area contributed by atoms with Crippen LogP contribution in [0.3, 0.4) is 0 Å². The molecule has 0 aromatic heterocycles. The standard InChI is InChI=1S/C7H16N2OS/c1-11(10)9-7-4-2-6(8)3-5-7/h6-7,9H,2-5,8H2,1H3. The fourth-order valence-corrected chi connectivity index (χ4v) is 2.18. The molecule has 0 amide bonds. The van der Waals surface area contributed by atoms with Gasteiger partial charge in [0.25, 0.3) is 0 Å². The van der Waals surface area contributed by atoms with E-state index in [1.165, 1.54) is 0 Å². The van der Waals surface area contributed by atoms with E-state index in [2.05, 4.69) is 4.72 Å². The van der Waals surface area contributed by atoms with Gasteiger partial charge in [-0.05, 0) is 25.7 Å².